The molecule has 1 aromatic rings. The lowest BCUT2D eigenvalue weighted by molar-refractivity contribution is -0.143. The molecule has 1 aliphatic carbocycles. The van der Waals surface area contributed by atoms with Crippen LogP contribution in [-0.2, 0) is 0 Å². The third-order valence-corrected chi connectivity index (χ3v) is 4.10. The minimum absolute atomic E-state index is 0.502. The van der Waals surface area contributed by atoms with Crippen LogP contribution in [0.1, 0.15) is 32.0 Å². The molecule has 0 aromatic carbocycles. The number of halogens is 9. The third kappa shape index (κ3) is 5.86. The van der Waals surface area contributed by atoms with E-state index in [1.807, 2.05) is 5.32 Å². The van der Waals surface area contributed by atoms with Crippen LogP contribution in [0.2, 0.25) is 0 Å². The van der Waals surface area contributed by atoms with E-state index < -0.39 is 85.3 Å². The molecule has 1 aromatic heterocycles. The monoisotopic (exact) mass is 453 g/mol. The predicted molar refractivity (Wildman–Crippen MR) is 86.3 cm³/mol. The fourth-order valence-electron chi connectivity index (χ4n) is 2.52. The first kappa shape index (κ1) is 24.0. The average molecular weight is 453 g/mol. The Balaban J connectivity index is 2.47. The fourth-order valence-corrected chi connectivity index (χ4v) is 2.52. The van der Waals surface area contributed by atoms with Gasteiger partial charge in [0.25, 0.3) is 5.92 Å². The number of anilines is 2. The zero-order chi connectivity index (χ0) is 22.9. The molecule has 1 heterocycles. The van der Waals surface area contributed by atoms with E-state index in [2.05, 4.69) is 15.0 Å². The van der Waals surface area contributed by atoms with Crippen LogP contribution in [0.15, 0.2) is 5.83 Å². The van der Waals surface area contributed by atoms with Gasteiger partial charge >= 0.3 is 12.4 Å². The van der Waals surface area contributed by atoms with Crippen LogP contribution in [0, 0.1) is 0 Å². The van der Waals surface area contributed by atoms with Crippen molar-refractivity contribution in [2.24, 2.45) is 0 Å². The van der Waals surface area contributed by atoms with Crippen molar-refractivity contribution in [3.8, 4) is 0 Å². The normalized spacial score (nSPS) is 20.8. The summed E-state index contributed by atoms with van der Waals surface area (Å²) in [6, 6.07) is -2.19. The van der Waals surface area contributed by atoms with Crippen LogP contribution < -0.4 is 10.6 Å². The molecule has 15 heteroatoms. The van der Waals surface area contributed by atoms with Gasteiger partial charge in [-0.25, -0.2) is 13.2 Å². The van der Waals surface area contributed by atoms with Crippen molar-refractivity contribution in [2.45, 2.75) is 56.6 Å². The van der Waals surface area contributed by atoms with Crippen LogP contribution in [-0.4, -0.2) is 57.0 Å². The highest BCUT2D eigenvalue weighted by atomic mass is 19.4. The quantitative estimate of drug-likeness (QED) is 0.564. The molecule has 30 heavy (non-hydrogen) atoms. The van der Waals surface area contributed by atoms with Gasteiger partial charge in [0.1, 0.15) is 18.4 Å². The van der Waals surface area contributed by atoms with Crippen molar-refractivity contribution in [1.29, 1.82) is 0 Å². The summed E-state index contributed by atoms with van der Waals surface area (Å²) in [5.74, 6) is -8.01. The average Bonchev–Trinajstić information content (AvgIpc) is 2.61. The van der Waals surface area contributed by atoms with E-state index in [4.69, 9.17) is 0 Å². The lowest BCUT2D eigenvalue weighted by Crippen LogP contribution is -2.38. The van der Waals surface area contributed by atoms with Gasteiger partial charge in [-0.05, 0) is 12.8 Å². The highest BCUT2D eigenvalue weighted by Gasteiger charge is 2.46. The Morgan fingerprint density at radius 1 is 1.10 bits per heavy atom. The molecular formula is C15H16F9N5O. The molecule has 2 rings (SSSR count). The van der Waals surface area contributed by atoms with Gasteiger partial charge in [-0.3, -0.25) is 0 Å². The number of nitrogens with one attached hydrogen (secondary N) is 2. The van der Waals surface area contributed by atoms with E-state index in [1.165, 1.54) is 0 Å². The molecule has 0 saturated heterocycles. The number of aromatic nitrogens is 3. The fraction of sp³-hybridized carbons (Fsp3) is 0.667. The Bertz CT molecular complexity index is 794. The van der Waals surface area contributed by atoms with E-state index in [0.29, 0.717) is 0 Å². The van der Waals surface area contributed by atoms with Gasteiger partial charge in [-0.1, -0.05) is 6.92 Å². The van der Waals surface area contributed by atoms with E-state index in [-0.39, 0.29) is 0 Å². The maximum atomic E-state index is 14.2. The number of alkyl halides is 8. The number of hydrogen-bond donors (Lipinski definition) is 3. The second-order valence-corrected chi connectivity index (χ2v) is 6.41. The maximum absolute atomic E-state index is 14.2. The van der Waals surface area contributed by atoms with E-state index in [0.717, 1.165) is 6.92 Å². The van der Waals surface area contributed by atoms with Crippen LogP contribution in [0.4, 0.5) is 51.4 Å². The Kier molecular flexibility index (Phi) is 6.73. The van der Waals surface area contributed by atoms with Crippen LogP contribution in [0.3, 0.4) is 0 Å². The lowest BCUT2D eigenvalue weighted by atomic mass is 9.92. The molecule has 0 amide bonds. The van der Waals surface area contributed by atoms with Gasteiger partial charge in [-0.2, -0.15) is 41.3 Å². The molecule has 1 aliphatic rings. The van der Waals surface area contributed by atoms with Gasteiger partial charge in [0.15, 0.2) is 11.9 Å². The predicted octanol–water partition coefficient (Wildman–Crippen LogP) is 4.07. The van der Waals surface area contributed by atoms with Gasteiger partial charge in [0, 0.05) is 12.0 Å². The highest BCUT2D eigenvalue weighted by molar-refractivity contribution is 5.66. The summed E-state index contributed by atoms with van der Waals surface area (Å²) in [7, 11) is 0. The smallest absolute Gasteiger partial charge is 0.380 e. The molecule has 0 saturated carbocycles. The molecule has 170 valence electrons. The largest absolute Gasteiger partial charge is 0.408 e. The molecule has 0 spiro atoms. The Hall–Kier alpha value is -2.32. The van der Waals surface area contributed by atoms with Crippen molar-refractivity contribution < 1.29 is 44.6 Å². The Labute approximate surface area is 163 Å². The molecule has 0 radical (unpaired) electrons. The number of rotatable bonds is 6. The van der Waals surface area contributed by atoms with E-state index in [9.17, 15) is 44.6 Å². The van der Waals surface area contributed by atoms with Gasteiger partial charge in [-0.15, -0.1) is 0 Å². The third-order valence-electron chi connectivity index (χ3n) is 4.10. The second kappa shape index (κ2) is 8.43. The first-order chi connectivity index (χ1) is 13.6. The molecule has 2 atom stereocenters. The maximum Gasteiger partial charge on any atom is 0.408 e. The number of aliphatic hydroxyl groups is 1. The summed E-state index contributed by atoms with van der Waals surface area (Å²) in [5.41, 5.74) is -0.672. The minimum atomic E-state index is -4.77. The van der Waals surface area contributed by atoms with Gasteiger partial charge in [0.2, 0.25) is 11.9 Å². The molecule has 3 N–H and O–H groups in total. The lowest BCUT2D eigenvalue weighted by Gasteiger charge is -2.28. The van der Waals surface area contributed by atoms with E-state index >= 15 is 0 Å². The molecular weight excluding hydrogens is 437 g/mol. The van der Waals surface area contributed by atoms with Gasteiger partial charge < -0.3 is 15.7 Å². The zero-order valence-electron chi connectivity index (χ0n) is 15.2. The van der Waals surface area contributed by atoms with Crippen molar-refractivity contribution >= 4 is 17.5 Å². The number of hydrogen-bond acceptors (Lipinski definition) is 6. The summed E-state index contributed by atoms with van der Waals surface area (Å²) in [6.45, 7) is -0.507. The summed E-state index contributed by atoms with van der Waals surface area (Å²) in [4.78, 5) is 10.4. The van der Waals surface area contributed by atoms with Crippen molar-refractivity contribution in [1.82, 2.24) is 15.0 Å². The summed E-state index contributed by atoms with van der Waals surface area (Å²) in [5, 5.41) is 13.0. The summed E-state index contributed by atoms with van der Waals surface area (Å²) >= 11 is 0. The van der Waals surface area contributed by atoms with Crippen molar-refractivity contribution in [3.63, 3.8) is 0 Å². The first-order valence-corrected chi connectivity index (χ1v) is 8.48. The van der Waals surface area contributed by atoms with E-state index in [1.54, 1.807) is 5.32 Å². The summed E-state index contributed by atoms with van der Waals surface area (Å²) < 4.78 is 117. The number of nitrogens with zero attached hydrogens (tertiary/aromatic N) is 3. The Morgan fingerprint density at radius 2 is 1.70 bits per heavy atom. The van der Waals surface area contributed by atoms with Crippen molar-refractivity contribution in [3.05, 3.63) is 11.7 Å². The first-order valence-electron chi connectivity index (χ1n) is 8.48. The van der Waals surface area contributed by atoms with Crippen LogP contribution in [0.5, 0.6) is 0 Å². The van der Waals surface area contributed by atoms with Crippen LogP contribution in [0.25, 0.3) is 5.57 Å². The standard InChI is InChI=1S/C15H16F9N5O/c1-2-7(15(22,23)24)26-12-28-10(27-11(29-12)25-5-14(19,20)21)6-3-4-13(17,18)9(30)8(6)16/h7,9,30H,2-5H2,1H3,(H2,25,26,27,28,29)/t7-,9?/m1/s1. The zero-order valence-corrected chi connectivity index (χ0v) is 15.2. The molecule has 0 fully saturated rings. The summed E-state index contributed by atoms with van der Waals surface area (Å²) in [6.07, 6.45) is -14.6. The SMILES string of the molecule is CC[C@@H](Nc1nc(NCC(F)(F)F)nc(C2=C(F)C(O)C(F)(F)CC2)n1)C(F)(F)F. The molecule has 0 aliphatic heterocycles. The number of allylic oxidation sites excluding steroid dienone is 1. The van der Waals surface area contributed by atoms with Crippen LogP contribution >= 0.6 is 0 Å². The van der Waals surface area contributed by atoms with Crippen molar-refractivity contribution in [2.75, 3.05) is 17.2 Å². The topological polar surface area (TPSA) is 83.0 Å². The highest BCUT2D eigenvalue weighted by Crippen LogP contribution is 2.41. The minimum Gasteiger partial charge on any atom is -0.380 e. The molecule has 6 nitrogen and oxygen atoms in total. The second-order valence-electron chi connectivity index (χ2n) is 6.41. The van der Waals surface area contributed by atoms with Gasteiger partial charge in [0.05, 0.1) is 0 Å². The number of aliphatic hydroxyl groups excluding tert-OH is 1. The molecule has 0 bridgehead atoms. The molecule has 1 unspecified atom stereocenters. The Morgan fingerprint density at radius 3 is 2.23 bits per heavy atom.